The number of nitrogens with zero attached hydrogens (tertiary/aromatic N) is 4. The topological polar surface area (TPSA) is 74.9 Å². The number of alkyl halides is 3. The SMILES string of the molecule is CCNC(=NCCC(O)(c1nccn1C)C(F)(F)F)N(C)Cc1ccc(OC)cc1. The molecule has 0 saturated heterocycles. The van der Waals surface area contributed by atoms with Gasteiger partial charge in [0.1, 0.15) is 11.6 Å². The molecule has 0 aliphatic carbocycles. The summed E-state index contributed by atoms with van der Waals surface area (Å²) < 4.78 is 47.2. The van der Waals surface area contributed by atoms with Crippen molar-refractivity contribution >= 4 is 5.96 Å². The summed E-state index contributed by atoms with van der Waals surface area (Å²) in [4.78, 5) is 9.80. The first-order chi connectivity index (χ1) is 14.1. The Hall–Kier alpha value is -2.75. The molecule has 0 saturated carbocycles. The number of halogens is 3. The fraction of sp³-hybridized carbons (Fsp3) is 0.500. The molecule has 0 radical (unpaired) electrons. The molecular weight excluding hydrogens is 399 g/mol. The van der Waals surface area contributed by atoms with Crippen LogP contribution in [0.1, 0.15) is 24.7 Å². The third-order valence-corrected chi connectivity index (χ3v) is 4.67. The van der Waals surface area contributed by atoms with E-state index in [9.17, 15) is 18.3 Å². The Morgan fingerprint density at radius 1 is 1.30 bits per heavy atom. The monoisotopic (exact) mass is 427 g/mol. The van der Waals surface area contributed by atoms with E-state index in [1.54, 1.807) is 19.1 Å². The van der Waals surface area contributed by atoms with Gasteiger partial charge in [0.2, 0.25) is 5.60 Å². The summed E-state index contributed by atoms with van der Waals surface area (Å²) in [5.74, 6) is 0.724. The average molecular weight is 427 g/mol. The number of benzene rings is 1. The van der Waals surface area contributed by atoms with Gasteiger partial charge in [-0.25, -0.2) is 4.98 Å². The maximum atomic E-state index is 13.6. The predicted molar refractivity (Wildman–Crippen MR) is 108 cm³/mol. The van der Waals surface area contributed by atoms with Gasteiger partial charge in [0.25, 0.3) is 0 Å². The summed E-state index contributed by atoms with van der Waals surface area (Å²) in [5.41, 5.74) is -2.09. The molecule has 0 bridgehead atoms. The Kier molecular flexibility index (Phi) is 7.71. The minimum Gasteiger partial charge on any atom is -0.497 e. The Morgan fingerprint density at radius 2 is 1.97 bits per heavy atom. The van der Waals surface area contributed by atoms with Gasteiger partial charge < -0.3 is 24.6 Å². The minimum absolute atomic E-state index is 0.238. The molecule has 2 N–H and O–H groups in total. The summed E-state index contributed by atoms with van der Waals surface area (Å²) >= 11 is 0. The van der Waals surface area contributed by atoms with Gasteiger partial charge in [0.05, 0.1) is 7.11 Å². The normalized spacial score (nSPS) is 14.3. The summed E-state index contributed by atoms with van der Waals surface area (Å²) in [6, 6.07) is 7.48. The zero-order chi connectivity index (χ0) is 22.4. The van der Waals surface area contributed by atoms with Crippen molar-refractivity contribution < 1.29 is 23.0 Å². The van der Waals surface area contributed by atoms with Gasteiger partial charge in [-0.3, -0.25) is 4.99 Å². The second-order valence-corrected chi connectivity index (χ2v) is 6.91. The Balaban J connectivity index is 2.14. The van der Waals surface area contributed by atoms with Gasteiger partial charge in [0.15, 0.2) is 5.96 Å². The number of imidazole rings is 1. The highest BCUT2D eigenvalue weighted by Crippen LogP contribution is 2.40. The number of aliphatic imine (C=N–C) groups is 1. The number of rotatable bonds is 8. The number of nitrogens with one attached hydrogen (secondary N) is 1. The van der Waals surface area contributed by atoms with Gasteiger partial charge in [-0.2, -0.15) is 13.2 Å². The number of aromatic nitrogens is 2. The Labute approximate surface area is 174 Å². The standard InChI is InChI=1S/C20H28F3N5O2/c1-5-24-18(28(3)14-15-6-8-16(30-4)9-7-15)26-11-10-19(29,20(21,22)23)17-25-12-13-27(17)2/h6-9,12-13,29H,5,10-11,14H2,1-4H3,(H,24,26). The van der Waals surface area contributed by atoms with Crippen molar-refractivity contribution in [3.63, 3.8) is 0 Å². The van der Waals surface area contributed by atoms with Gasteiger partial charge in [-0.1, -0.05) is 12.1 Å². The molecule has 2 rings (SSSR count). The van der Waals surface area contributed by atoms with Crippen molar-refractivity contribution in [3.8, 4) is 5.75 Å². The lowest BCUT2D eigenvalue weighted by atomic mass is 9.98. The molecule has 0 aliphatic heterocycles. The van der Waals surface area contributed by atoms with Crippen LogP contribution in [0.5, 0.6) is 5.75 Å². The van der Waals surface area contributed by atoms with E-state index in [1.807, 2.05) is 31.2 Å². The lowest BCUT2D eigenvalue weighted by molar-refractivity contribution is -0.272. The molecule has 1 heterocycles. The highest BCUT2D eigenvalue weighted by molar-refractivity contribution is 5.79. The molecule has 2 aromatic rings. The number of hydrogen-bond acceptors (Lipinski definition) is 4. The third-order valence-electron chi connectivity index (χ3n) is 4.67. The van der Waals surface area contributed by atoms with Crippen molar-refractivity contribution in [2.24, 2.45) is 12.0 Å². The molecule has 1 unspecified atom stereocenters. The van der Waals surface area contributed by atoms with Crippen LogP contribution in [0.2, 0.25) is 0 Å². The van der Waals surface area contributed by atoms with E-state index < -0.39 is 24.0 Å². The zero-order valence-electron chi connectivity index (χ0n) is 17.6. The summed E-state index contributed by atoms with van der Waals surface area (Å²) in [5, 5.41) is 13.5. The van der Waals surface area contributed by atoms with Crippen molar-refractivity contribution in [1.29, 1.82) is 0 Å². The van der Waals surface area contributed by atoms with E-state index in [-0.39, 0.29) is 6.54 Å². The van der Waals surface area contributed by atoms with Crippen LogP contribution in [-0.4, -0.2) is 58.9 Å². The summed E-state index contributed by atoms with van der Waals surface area (Å²) in [6.07, 6.45) is -2.94. The zero-order valence-corrected chi connectivity index (χ0v) is 17.6. The van der Waals surface area contributed by atoms with E-state index in [2.05, 4.69) is 15.3 Å². The maximum absolute atomic E-state index is 13.6. The second-order valence-electron chi connectivity index (χ2n) is 6.91. The van der Waals surface area contributed by atoms with Crippen LogP contribution in [-0.2, 0) is 19.2 Å². The van der Waals surface area contributed by atoms with E-state index >= 15 is 0 Å². The molecule has 30 heavy (non-hydrogen) atoms. The average Bonchev–Trinajstić information content (AvgIpc) is 3.13. The van der Waals surface area contributed by atoms with Crippen LogP contribution in [0.25, 0.3) is 0 Å². The number of guanidine groups is 1. The molecule has 0 amide bonds. The largest absolute Gasteiger partial charge is 0.497 e. The molecular formula is C20H28F3N5O2. The van der Waals surface area contributed by atoms with Crippen molar-refractivity contribution in [3.05, 3.63) is 48.0 Å². The van der Waals surface area contributed by atoms with E-state index in [4.69, 9.17) is 4.74 Å². The Morgan fingerprint density at radius 3 is 2.47 bits per heavy atom. The van der Waals surface area contributed by atoms with Gasteiger partial charge in [-0.15, -0.1) is 0 Å². The lowest BCUT2D eigenvalue weighted by Gasteiger charge is -2.29. The van der Waals surface area contributed by atoms with Crippen LogP contribution >= 0.6 is 0 Å². The number of aryl methyl sites for hydroxylation is 1. The Bertz CT molecular complexity index is 836. The highest BCUT2D eigenvalue weighted by atomic mass is 19.4. The second kappa shape index (κ2) is 9.84. The number of hydrogen-bond donors (Lipinski definition) is 2. The van der Waals surface area contributed by atoms with Crippen LogP contribution in [0.3, 0.4) is 0 Å². The smallest absolute Gasteiger partial charge is 0.424 e. The third kappa shape index (κ3) is 5.44. The van der Waals surface area contributed by atoms with Crippen LogP contribution in [0.15, 0.2) is 41.7 Å². The van der Waals surface area contributed by atoms with E-state index in [0.29, 0.717) is 19.0 Å². The molecule has 1 atom stereocenters. The van der Waals surface area contributed by atoms with Crippen molar-refractivity contribution in [1.82, 2.24) is 19.8 Å². The van der Waals surface area contributed by atoms with Gasteiger partial charge >= 0.3 is 6.18 Å². The first kappa shape index (κ1) is 23.5. The molecule has 1 aromatic heterocycles. The summed E-state index contributed by atoms with van der Waals surface area (Å²) in [7, 11) is 4.79. The molecule has 0 fully saturated rings. The first-order valence-corrected chi connectivity index (χ1v) is 9.51. The molecule has 0 aliphatic rings. The van der Waals surface area contributed by atoms with Crippen molar-refractivity contribution in [2.75, 3.05) is 27.2 Å². The minimum atomic E-state index is -4.88. The molecule has 10 heteroatoms. The number of ether oxygens (including phenoxy) is 1. The van der Waals surface area contributed by atoms with E-state index in [0.717, 1.165) is 15.9 Å². The van der Waals surface area contributed by atoms with Gasteiger partial charge in [0, 0.05) is 52.5 Å². The fourth-order valence-corrected chi connectivity index (χ4v) is 3.02. The number of methoxy groups -OCH3 is 1. The number of aliphatic hydroxyl groups is 1. The van der Waals surface area contributed by atoms with Crippen molar-refractivity contribution in [2.45, 2.75) is 31.7 Å². The summed E-state index contributed by atoms with van der Waals surface area (Å²) in [6.45, 7) is 2.68. The molecule has 166 valence electrons. The molecule has 0 spiro atoms. The first-order valence-electron chi connectivity index (χ1n) is 9.51. The van der Waals surface area contributed by atoms with Gasteiger partial charge in [-0.05, 0) is 24.6 Å². The fourth-order valence-electron chi connectivity index (χ4n) is 3.02. The maximum Gasteiger partial charge on any atom is 0.424 e. The van der Waals surface area contributed by atoms with E-state index in [1.165, 1.54) is 19.4 Å². The quantitative estimate of drug-likeness (QED) is 0.501. The van der Waals surface area contributed by atoms with Crippen LogP contribution < -0.4 is 10.1 Å². The lowest BCUT2D eigenvalue weighted by Crippen LogP contribution is -2.45. The molecule has 7 nitrogen and oxygen atoms in total. The predicted octanol–water partition coefficient (Wildman–Crippen LogP) is 2.67. The highest BCUT2D eigenvalue weighted by Gasteiger charge is 2.57. The molecule has 1 aromatic carbocycles. The van der Waals surface area contributed by atoms with Crippen LogP contribution in [0, 0.1) is 0 Å². The van der Waals surface area contributed by atoms with Crippen LogP contribution in [0.4, 0.5) is 13.2 Å².